The minimum absolute atomic E-state index is 0.00791. The van der Waals surface area contributed by atoms with E-state index in [0.717, 1.165) is 6.07 Å². The zero-order chi connectivity index (χ0) is 63.9. The number of fused-ring (bicyclic) bond motifs is 2. The van der Waals surface area contributed by atoms with Gasteiger partial charge in [-0.2, -0.15) is 10.2 Å². The first-order valence-electron chi connectivity index (χ1n) is 29.4. The Balaban J connectivity index is 0.752. The number of nitrogens with zero attached hydrogens (tertiary/aromatic N) is 6. The summed E-state index contributed by atoms with van der Waals surface area (Å²) in [7, 11) is 3.08. The molecule has 9 rings (SSSR count). The van der Waals surface area contributed by atoms with Crippen LogP contribution < -0.4 is 20.3 Å². The number of likely N-dealkylation sites (N-methyl/N-ethyl adjacent to an activating group) is 1. The SMILES string of the molecule is COc1cc(C(=O)CCCOCCOCCN(C)C(=O)CCNc2nc(N3CCN(C(C)=O)CC3)c3cc(Cl)c(-c4cc(O)cc5ccccc45)c(F)c3n2)ccc1CC(=O)[C@@H]1N[C@@H](CC(C)(C)C)[C@](C#N)(c2ccc(Cl)cc2F)[C@H]1c1cccc(Cl)c1F. The van der Waals surface area contributed by atoms with E-state index in [-0.39, 0.29) is 131 Å². The number of carbonyl (C=O) groups excluding carboxylic acids is 4. The van der Waals surface area contributed by atoms with Crippen LogP contribution >= 0.6 is 34.8 Å². The van der Waals surface area contributed by atoms with E-state index in [1.807, 2.05) is 49.9 Å². The van der Waals surface area contributed by atoms with Crippen LogP contribution in [0, 0.1) is 34.2 Å². The van der Waals surface area contributed by atoms with Gasteiger partial charge < -0.3 is 44.7 Å². The molecule has 4 atom stereocenters. The lowest BCUT2D eigenvalue weighted by atomic mass is 9.62. The highest BCUT2D eigenvalue weighted by molar-refractivity contribution is 6.35. The molecule has 468 valence electrons. The molecule has 0 bridgehead atoms. The number of anilines is 2. The number of Topliss-reactive ketones (excluding diaryl/α,β-unsaturated/α-hetero) is 2. The Hall–Kier alpha value is -7.57. The fraction of sp³-hybridized carbons (Fsp3) is 0.388. The van der Waals surface area contributed by atoms with E-state index in [0.29, 0.717) is 77.7 Å². The van der Waals surface area contributed by atoms with Gasteiger partial charge in [0.2, 0.25) is 17.8 Å². The summed E-state index contributed by atoms with van der Waals surface area (Å²) < 4.78 is 66.6. The summed E-state index contributed by atoms with van der Waals surface area (Å²) in [4.78, 5) is 68.2. The van der Waals surface area contributed by atoms with Crippen LogP contribution in [0.15, 0.2) is 97.1 Å². The molecule has 7 aromatic rings. The van der Waals surface area contributed by atoms with Crippen LogP contribution in [-0.2, 0) is 35.7 Å². The number of methoxy groups -OCH3 is 1. The fourth-order valence-corrected chi connectivity index (χ4v) is 12.7. The topological polar surface area (TPSA) is 200 Å². The van der Waals surface area contributed by atoms with E-state index in [9.17, 15) is 29.5 Å². The van der Waals surface area contributed by atoms with Crippen molar-refractivity contribution in [1.29, 1.82) is 5.26 Å². The normalized spacial score (nSPS) is 17.7. The first-order valence-corrected chi connectivity index (χ1v) is 30.5. The van der Waals surface area contributed by atoms with Crippen LogP contribution in [-0.4, -0.2) is 140 Å². The second-order valence-corrected chi connectivity index (χ2v) is 24.9. The summed E-state index contributed by atoms with van der Waals surface area (Å²) in [6.45, 7) is 10.5. The number of phenols is 1. The van der Waals surface area contributed by atoms with Gasteiger partial charge in [-0.15, -0.1) is 0 Å². The number of benzene rings is 6. The van der Waals surface area contributed by atoms with Gasteiger partial charge in [0.25, 0.3) is 0 Å². The van der Waals surface area contributed by atoms with Gasteiger partial charge in [0.1, 0.15) is 39.9 Å². The van der Waals surface area contributed by atoms with Gasteiger partial charge in [-0.1, -0.05) is 110 Å². The number of aromatic nitrogens is 2. The van der Waals surface area contributed by atoms with Crippen molar-refractivity contribution in [3.8, 4) is 28.7 Å². The Labute approximate surface area is 530 Å². The molecule has 3 heterocycles. The predicted molar refractivity (Wildman–Crippen MR) is 339 cm³/mol. The van der Waals surface area contributed by atoms with Crippen molar-refractivity contribution in [2.45, 2.75) is 83.2 Å². The molecule has 0 radical (unpaired) electrons. The number of nitrogens with one attached hydrogen (secondary N) is 2. The third-order valence-corrected chi connectivity index (χ3v) is 17.3. The van der Waals surface area contributed by atoms with E-state index in [1.165, 1.54) is 55.3 Å². The van der Waals surface area contributed by atoms with E-state index >= 15 is 13.2 Å². The van der Waals surface area contributed by atoms with Gasteiger partial charge in [-0.05, 0) is 82.6 Å². The number of rotatable bonds is 24. The maximum Gasteiger partial charge on any atom is 0.225 e. The molecule has 22 heteroatoms. The van der Waals surface area contributed by atoms with Crippen molar-refractivity contribution < 1.29 is 51.7 Å². The number of amides is 2. The molecule has 3 N–H and O–H groups in total. The van der Waals surface area contributed by atoms with Gasteiger partial charge in [-0.3, -0.25) is 19.2 Å². The molecule has 0 saturated carbocycles. The molecule has 2 amide bonds. The smallest absolute Gasteiger partial charge is 0.225 e. The first-order chi connectivity index (χ1) is 42.5. The minimum Gasteiger partial charge on any atom is -0.508 e. The van der Waals surface area contributed by atoms with Crippen molar-refractivity contribution in [2.24, 2.45) is 5.41 Å². The van der Waals surface area contributed by atoms with Crippen molar-refractivity contribution in [3.63, 3.8) is 0 Å². The molecule has 2 aliphatic heterocycles. The van der Waals surface area contributed by atoms with Crippen molar-refractivity contribution >= 4 is 91.6 Å². The molecule has 2 aliphatic rings. The Morgan fingerprint density at radius 2 is 1.60 bits per heavy atom. The summed E-state index contributed by atoms with van der Waals surface area (Å²) in [5, 5.41) is 30.1. The number of hydrogen-bond donors (Lipinski definition) is 3. The number of halogens is 6. The highest BCUT2D eigenvalue weighted by Crippen LogP contribution is 2.53. The summed E-state index contributed by atoms with van der Waals surface area (Å²) in [6.07, 6.45) is 0.673. The second kappa shape index (κ2) is 28.5. The molecule has 6 aromatic carbocycles. The number of carbonyl (C=O) groups is 4. The number of hydrogen-bond acceptors (Lipinski definition) is 14. The Kier molecular flexibility index (Phi) is 21.1. The molecule has 0 aliphatic carbocycles. The highest BCUT2D eigenvalue weighted by Gasteiger charge is 2.61. The molecule has 0 unspecified atom stereocenters. The van der Waals surface area contributed by atoms with Crippen LogP contribution in [0.5, 0.6) is 11.5 Å². The van der Waals surface area contributed by atoms with Crippen molar-refractivity contribution in [2.75, 3.05) is 90.1 Å². The lowest BCUT2D eigenvalue weighted by molar-refractivity contribution is -0.130. The van der Waals surface area contributed by atoms with Gasteiger partial charge in [0, 0.05) is 124 Å². The Morgan fingerprint density at radius 1 is 0.854 bits per heavy atom. The number of ketones is 2. The van der Waals surface area contributed by atoms with Gasteiger partial charge in [0.15, 0.2) is 17.4 Å². The third-order valence-electron chi connectivity index (χ3n) is 16.5. The molecular weight excluding hydrogens is 1210 g/mol. The predicted octanol–water partition coefficient (Wildman–Crippen LogP) is 12.3. The summed E-state index contributed by atoms with van der Waals surface area (Å²) in [5.41, 5.74) is -1.02. The van der Waals surface area contributed by atoms with Crippen LogP contribution in [0.4, 0.5) is 24.9 Å². The van der Waals surface area contributed by atoms with Gasteiger partial charge in [0.05, 0.1) is 49.1 Å². The summed E-state index contributed by atoms with van der Waals surface area (Å²) >= 11 is 19.4. The quantitative estimate of drug-likeness (QED) is 0.0381. The average Bonchev–Trinajstić information content (AvgIpc) is 1.66. The standard InChI is InChI=1S/C67H70Cl3F3N8O8/c1-39(82)80-22-24-81(25-23-80)64-48-36-51(70)58(47-35-44(83)31-40-11-7-8-12-45(40)47)61(73)62(48)77-65(78-64)75-21-20-57(86)79(5)26-28-89-30-29-88-27-10-15-53(84)41-16-17-42(55(33-41)87-6)32-54(85)63-59(46-13-9-14-50(69)60(46)72)67(38-74,56(76-63)37-66(2,3)4)49-19-18-43(68)34-52(49)71/h7-9,11-14,16-19,31,33-36,56,59,63,76,83H,10,15,20-30,32,37H2,1-6H3,(H,75,77,78)/t56-,59-,63-,67-/m0/s1. The molecule has 2 saturated heterocycles. The summed E-state index contributed by atoms with van der Waals surface area (Å²) in [6, 6.07) is 25.5. The summed E-state index contributed by atoms with van der Waals surface area (Å²) in [5.74, 6) is -3.65. The van der Waals surface area contributed by atoms with Crippen LogP contribution in [0.3, 0.4) is 0 Å². The third kappa shape index (κ3) is 14.7. The second-order valence-electron chi connectivity index (χ2n) is 23.6. The van der Waals surface area contributed by atoms with E-state index < -0.39 is 52.1 Å². The highest BCUT2D eigenvalue weighted by atomic mass is 35.5. The number of ether oxygens (including phenoxy) is 3. The van der Waals surface area contributed by atoms with Crippen LogP contribution in [0.2, 0.25) is 15.1 Å². The number of aromatic hydroxyl groups is 1. The van der Waals surface area contributed by atoms with Crippen molar-refractivity contribution in [3.05, 3.63) is 152 Å². The molecule has 0 spiro atoms. The van der Waals surface area contributed by atoms with Gasteiger partial charge >= 0.3 is 0 Å². The monoisotopic (exact) mass is 1280 g/mol. The maximum absolute atomic E-state index is 17.0. The van der Waals surface area contributed by atoms with E-state index in [2.05, 4.69) is 21.7 Å². The maximum atomic E-state index is 17.0. The largest absolute Gasteiger partial charge is 0.508 e. The zero-order valence-corrected chi connectivity index (χ0v) is 52.6. The lowest BCUT2D eigenvalue weighted by Crippen LogP contribution is -2.48. The lowest BCUT2D eigenvalue weighted by Gasteiger charge is -2.37. The fourth-order valence-electron chi connectivity index (χ4n) is 12.1. The molecule has 16 nitrogen and oxygen atoms in total. The Bertz CT molecular complexity index is 3860. The molecular formula is C67H70Cl3F3N8O8. The van der Waals surface area contributed by atoms with E-state index in [4.69, 9.17) is 54.0 Å². The molecule has 1 aromatic heterocycles. The number of piperazine rings is 1. The average molecular weight is 1280 g/mol. The number of nitriles is 1. The Morgan fingerprint density at radius 3 is 2.30 bits per heavy atom. The van der Waals surface area contributed by atoms with Crippen LogP contribution in [0.1, 0.15) is 86.3 Å². The zero-order valence-electron chi connectivity index (χ0n) is 50.3. The number of phenolic OH excluding ortho intramolecular Hbond substituents is 1. The molecule has 2 fully saturated rings. The van der Waals surface area contributed by atoms with Crippen LogP contribution in [0.25, 0.3) is 32.8 Å². The van der Waals surface area contributed by atoms with E-state index in [1.54, 1.807) is 42.3 Å². The first kappa shape index (κ1) is 65.9. The minimum atomic E-state index is -1.79. The molecule has 89 heavy (non-hydrogen) atoms. The van der Waals surface area contributed by atoms with Crippen molar-refractivity contribution in [1.82, 2.24) is 25.1 Å². The van der Waals surface area contributed by atoms with Gasteiger partial charge in [-0.25, -0.2) is 18.2 Å².